The van der Waals surface area contributed by atoms with Crippen molar-refractivity contribution in [2.24, 2.45) is 4.99 Å². The predicted octanol–water partition coefficient (Wildman–Crippen LogP) is 7.47. The summed E-state index contributed by atoms with van der Waals surface area (Å²) in [5.74, 6) is 1.40. The first kappa shape index (κ1) is 30.8. The van der Waals surface area contributed by atoms with Crippen molar-refractivity contribution in [1.82, 2.24) is 0 Å². The van der Waals surface area contributed by atoms with Gasteiger partial charge in [0.05, 0.1) is 31.1 Å². The monoisotopic (exact) mass is 529 g/mol. The van der Waals surface area contributed by atoms with E-state index in [-0.39, 0.29) is 13.3 Å². The quantitative estimate of drug-likeness (QED) is 0.173. The molecule has 0 aliphatic carbocycles. The first-order chi connectivity index (χ1) is 16.7. The molecule has 7 nitrogen and oxygen atoms in total. The van der Waals surface area contributed by atoms with Crippen molar-refractivity contribution < 1.29 is 32.0 Å². The number of aliphatic imine (C=N–C) groups is 1. The molecule has 0 bridgehead atoms. The van der Waals surface area contributed by atoms with Gasteiger partial charge in [0.15, 0.2) is 5.90 Å². The van der Waals surface area contributed by atoms with Gasteiger partial charge in [-0.1, -0.05) is 18.6 Å². The second-order valence-electron chi connectivity index (χ2n) is 11.4. The lowest BCUT2D eigenvalue weighted by molar-refractivity contribution is -0.00465. The van der Waals surface area contributed by atoms with Crippen molar-refractivity contribution in [3.8, 4) is 5.75 Å². The highest BCUT2D eigenvalue weighted by molar-refractivity contribution is 7.48. The van der Waals surface area contributed by atoms with E-state index in [0.717, 1.165) is 37.0 Å². The van der Waals surface area contributed by atoms with E-state index in [4.69, 9.17) is 28.0 Å². The molecule has 2 rings (SSSR count). The summed E-state index contributed by atoms with van der Waals surface area (Å²) in [6.45, 7) is 13.5. The molecule has 0 aromatic heterocycles. The van der Waals surface area contributed by atoms with Gasteiger partial charge in [-0.15, -0.1) is 0 Å². The number of phosphoric acid groups is 1. The maximum absolute atomic E-state index is 13.5. The molecule has 0 amide bonds. The largest absolute Gasteiger partial charge is 0.494 e. The number of rotatable bonds is 15. The Labute approximate surface area is 216 Å². The number of unbranched alkanes of at least 4 members (excludes halogenated alkanes) is 3. The minimum atomic E-state index is -3.86. The predicted molar refractivity (Wildman–Crippen MR) is 142 cm³/mol. The molecule has 1 aromatic carbocycles. The highest BCUT2D eigenvalue weighted by Crippen LogP contribution is 2.56. The molecule has 0 N–H and O–H groups in total. The van der Waals surface area contributed by atoms with Crippen LogP contribution in [0.2, 0.25) is 0 Å². The zero-order valence-electron chi connectivity index (χ0n) is 23.1. The summed E-state index contributed by atoms with van der Waals surface area (Å²) in [5, 5.41) is 0. The minimum absolute atomic E-state index is 0.0530. The van der Waals surface area contributed by atoms with Gasteiger partial charge in [0.2, 0.25) is 0 Å². The summed E-state index contributed by atoms with van der Waals surface area (Å²) in [6.07, 6.45) is 4.80. The number of hydrogen-bond acceptors (Lipinski definition) is 7. The van der Waals surface area contributed by atoms with Crippen LogP contribution in [0.5, 0.6) is 5.75 Å². The third-order valence-corrected chi connectivity index (χ3v) is 7.29. The summed E-state index contributed by atoms with van der Waals surface area (Å²) < 4.78 is 54.5. The summed E-state index contributed by atoms with van der Waals surface area (Å²) in [7, 11) is -3.86. The smallest absolute Gasteiger partial charge is 0.475 e. The van der Waals surface area contributed by atoms with Gasteiger partial charge in [-0.05, 0) is 91.3 Å². The van der Waals surface area contributed by atoms with Crippen molar-refractivity contribution in [3.05, 3.63) is 29.8 Å². The maximum Gasteiger partial charge on any atom is 0.475 e. The fourth-order valence-corrected chi connectivity index (χ4v) is 5.61. The van der Waals surface area contributed by atoms with E-state index in [1.54, 1.807) is 0 Å². The zero-order chi connectivity index (χ0) is 26.9. The van der Waals surface area contributed by atoms with Crippen LogP contribution in [0.3, 0.4) is 0 Å². The molecule has 1 aliphatic rings. The summed E-state index contributed by atoms with van der Waals surface area (Å²) in [6, 6.07) is 8.00. The second-order valence-corrected chi connectivity index (χ2v) is 12.9. The zero-order valence-corrected chi connectivity index (χ0v) is 24.0. The third-order valence-electron chi connectivity index (χ3n) is 5.31. The van der Waals surface area contributed by atoms with Gasteiger partial charge in [0.1, 0.15) is 17.9 Å². The lowest BCUT2D eigenvalue weighted by atomic mass is 9.94. The van der Waals surface area contributed by atoms with Crippen LogP contribution in [-0.4, -0.2) is 49.1 Å². The van der Waals surface area contributed by atoms with Crippen LogP contribution in [0.15, 0.2) is 29.3 Å². The van der Waals surface area contributed by atoms with Gasteiger partial charge in [0, 0.05) is 6.92 Å². The molecular weight excluding hydrogens is 484 g/mol. The average molecular weight is 530 g/mol. The van der Waals surface area contributed by atoms with Crippen LogP contribution in [0.1, 0.15) is 86.1 Å². The number of phosphoric ester groups is 1. The molecule has 0 saturated carbocycles. The molecule has 0 saturated heterocycles. The van der Waals surface area contributed by atoms with Crippen molar-refractivity contribution in [3.63, 3.8) is 0 Å². The summed E-state index contributed by atoms with van der Waals surface area (Å²) in [5.41, 5.74) is -0.976. The Morgan fingerprint density at radius 1 is 1.00 bits per heavy atom. The van der Waals surface area contributed by atoms with E-state index in [9.17, 15) is 8.96 Å². The number of benzene rings is 1. The molecule has 1 heterocycles. The first-order valence-electron chi connectivity index (χ1n) is 12.9. The van der Waals surface area contributed by atoms with Gasteiger partial charge in [0.25, 0.3) is 0 Å². The fourth-order valence-electron chi connectivity index (χ4n) is 3.72. The lowest BCUT2D eigenvalue weighted by Crippen LogP contribution is -2.36. The number of hydrogen-bond donors (Lipinski definition) is 0. The van der Waals surface area contributed by atoms with E-state index in [0.29, 0.717) is 32.0 Å². The SMILES string of the molecule is CC1=N[C@](CCc2ccc(OCCCCCCF)cc2)(COP(=O)(OC(C)(C)C)OC(C)(C)C)CO1. The Morgan fingerprint density at radius 3 is 2.14 bits per heavy atom. The highest BCUT2D eigenvalue weighted by atomic mass is 31.2. The van der Waals surface area contributed by atoms with Crippen LogP contribution in [0.25, 0.3) is 0 Å². The minimum Gasteiger partial charge on any atom is -0.494 e. The van der Waals surface area contributed by atoms with Crippen molar-refractivity contribution >= 4 is 13.7 Å². The standard InChI is InChI=1S/C27H45FNO6P/c1-22-29-27(20-32-22,21-33-36(30,34-25(2,3)4)35-26(5,6)7)17-16-23-12-14-24(15-13-23)31-19-11-9-8-10-18-28/h12-15H,8-11,16-21H2,1-7H3/t27-/m0/s1. The van der Waals surface area contributed by atoms with Crippen molar-refractivity contribution in [2.45, 2.75) is 104 Å². The molecule has 0 unspecified atom stereocenters. The topological polar surface area (TPSA) is 75.6 Å². The molecule has 206 valence electrons. The molecule has 1 atom stereocenters. The number of ether oxygens (including phenoxy) is 2. The number of halogens is 1. The molecule has 1 aliphatic heterocycles. The number of aryl methyl sites for hydroxylation is 1. The Morgan fingerprint density at radius 2 is 1.61 bits per heavy atom. The Balaban J connectivity index is 1.98. The molecular formula is C27H45FNO6P. The van der Waals surface area contributed by atoms with Gasteiger partial charge >= 0.3 is 7.82 Å². The lowest BCUT2D eigenvalue weighted by Gasteiger charge is -2.33. The highest BCUT2D eigenvalue weighted by Gasteiger charge is 2.42. The van der Waals surface area contributed by atoms with E-state index < -0.39 is 24.6 Å². The molecule has 0 spiro atoms. The number of alkyl halides is 1. The van der Waals surface area contributed by atoms with Gasteiger partial charge in [-0.3, -0.25) is 18.0 Å². The van der Waals surface area contributed by atoms with Crippen LogP contribution in [0.4, 0.5) is 4.39 Å². The van der Waals surface area contributed by atoms with Gasteiger partial charge < -0.3 is 9.47 Å². The second kappa shape index (κ2) is 13.4. The first-order valence-corrected chi connectivity index (χ1v) is 14.3. The van der Waals surface area contributed by atoms with Crippen LogP contribution < -0.4 is 4.74 Å². The fraction of sp³-hybridized carbons (Fsp3) is 0.741. The molecule has 1 aromatic rings. The summed E-state index contributed by atoms with van der Waals surface area (Å²) in [4.78, 5) is 4.71. The van der Waals surface area contributed by atoms with Crippen LogP contribution in [0, 0.1) is 0 Å². The maximum atomic E-state index is 13.5. The third kappa shape index (κ3) is 11.7. The van der Waals surface area contributed by atoms with Crippen LogP contribution in [-0.2, 0) is 29.3 Å². The molecule has 0 radical (unpaired) electrons. The normalized spacial score (nSPS) is 18.7. The molecule has 0 fully saturated rings. The van der Waals surface area contributed by atoms with Crippen molar-refractivity contribution in [1.29, 1.82) is 0 Å². The average Bonchev–Trinajstić information content (AvgIpc) is 3.13. The van der Waals surface area contributed by atoms with E-state index in [1.807, 2.05) is 72.7 Å². The van der Waals surface area contributed by atoms with Crippen LogP contribution >= 0.6 is 7.82 Å². The van der Waals surface area contributed by atoms with E-state index in [1.165, 1.54) is 0 Å². The Hall–Kier alpha value is -1.47. The Kier molecular flexibility index (Phi) is 11.4. The van der Waals surface area contributed by atoms with Gasteiger partial charge in [-0.2, -0.15) is 0 Å². The molecule has 36 heavy (non-hydrogen) atoms. The van der Waals surface area contributed by atoms with Gasteiger partial charge in [-0.25, -0.2) is 9.56 Å². The Bertz CT molecular complexity index is 858. The molecule has 9 heteroatoms. The van der Waals surface area contributed by atoms with Crippen molar-refractivity contribution in [2.75, 3.05) is 26.5 Å². The number of nitrogens with zero attached hydrogens (tertiary/aromatic N) is 1. The summed E-state index contributed by atoms with van der Waals surface area (Å²) >= 11 is 0. The van der Waals surface area contributed by atoms with E-state index in [2.05, 4.69) is 0 Å². The van der Waals surface area contributed by atoms with E-state index >= 15 is 0 Å².